The number of hydrogen-bond donors (Lipinski definition) is 1. The quantitative estimate of drug-likeness (QED) is 0.500. The number of ether oxygens (including phenoxy) is 1. The van der Waals surface area contributed by atoms with Gasteiger partial charge in [-0.25, -0.2) is 0 Å². The van der Waals surface area contributed by atoms with E-state index in [-0.39, 0.29) is 5.56 Å². The summed E-state index contributed by atoms with van der Waals surface area (Å²) >= 11 is 0. The van der Waals surface area contributed by atoms with Gasteiger partial charge in [0, 0.05) is 63.6 Å². The highest BCUT2D eigenvalue weighted by molar-refractivity contribution is 5.46. The van der Waals surface area contributed by atoms with Crippen LogP contribution in [0.25, 0.3) is 0 Å². The second-order valence-corrected chi connectivity index (χ2v) is 10.5. The first-order chi connectivity index (χ1) is 17.6. The van der Waals surface area contributed by atoms with Gasteiger partial charge < -0.3 is 24.4 Å². The maximum absolute atomic E-state index is 12.4. The van der Waals surface area contributed by atoms with Crippen molar-refractivity contribution < 1.29 is 4.74 Å². The Kier molecular flexibility index (Phi) is 8.04. The molecule has 0 aromatic carbocycles. The summed E-state index contributed by atoms with van der Waals surface area (Å²) in [6.07, 6.45) is 8.24. The molecule has 3 aliphatic heterocycles. The van der Waals surface area contributed by atoms with Crippen LogP contribution in [0.2, 0.25) is 0 Å². The van der Waals surface area contributed by atoms with E-state index in [1.807, 2.05) is 10.6 Å². The van der Waals surface area contributed by atoms with Gasteiger partial charge in [-0.2, -0.15) is 15.0 Å². The van der Waals surface area contributed by atoms with Crippen molar-refractivity contribution in [3.63, 3.8) is 0 Å². The molecule has 9 nitrogen and oxygen atoms in total. The van der Waals surface area contributed by atoms with Crippen LogP contribution in [0.1, 0.15) is 70.4 Å². The molecule has 2 unspecified atom stereocenters. The van der Waals surface area contributed by atoms with Gasteiger partial charge in [-0.05, 0) is 44.6 Å². The SMILES string of the molecule is CCCCCCNc1nc(N2CCC(OCC)CC2)nc(N2CC3CC(C2)c2cccc(=O)n2C3)n1. The average Bonchev–Trinajstić information content (AvgIpc) is 2.90. The molecule has 2 fully saturated rings. The number of nitrogens with zero attached hydrogens (tertiary/aromatic N) is 6. The van der Waals surface area contributed by atoms with Gasteiger partial charge in [-0.1, -0.05) is 32.3 Å². The normalized spacial score (nSPS) is 21.9. The number of fused-ring (bicyclic) bond motifs is 4. The lowest BCUT2D eigenvalue weighted by atomic mass is 9.83. The van der Waals surface area contributed by atoms with Crippen molar-refractivity contribution in [2.24, 2.45) is 5.92 Å². The highest BCUT2D eigenvalue weighted by Gasteiger charge is 2.36. The molecular formula is C27H41N7O2. The van der Waals surface area contributed by atoms with Crippen molar-refractivity contribution in [3.05, 3.63) is 34.2 Å². The van der Waals surface area contributed by atoms with Gasteiger partial charge in [0.15, 0.2) is 0 Å². The number of nitrogens with one attached hydrogen (secondary N) is 1. The van der Waals surface area contributed by atoms with E-state index in [2.05, 4.69) is 35.0 Å². The van der Waals surface area contributed by atoms with Gasteiger partial charge in [0.05, 0.1) is 6.10 Å². The summed E-state index contributed by atoms with van der Waals surface area (Å²) < 4.78 is 7.82. The van der Waals surface area contributed by atoms with Crippen LogP contribution in [0.5, 0.6) is 0 Å². The predicted molar refractivity (Wildman–Crippen MR) is 143 cm³/mol. The molecule has 0 saturated carbocycles. The van der Waals surface area contributed by atoms with Crippen LogP contribution in [-0.2, 0) is 11.3 Å². The fraction of sp³-hybridized carbons (Fsp3) is 0.704. The molecule has 0 amide bonds. The van der Waals surface area contributed by atoms with Crippen LogP contribution in [0, 0.1) is 5.92 Å². The number of pyridine rings is 1. The molecule has 0 radical (unpaired) electrons. The first-order valence-electron chi connectivity index (χ1n) is 14.0. The molecule has 0 aliphatic carbocycles. The minimum absolute atomic E-state index is 0.114. The molecule has 36 heavy (non-hydrogen) atoms. The van der Waals surface area contributed by atoms with Gasteiger partial charge in [-0.3, -0.25) is 4.79 Å². The maximum atomic E-state index is 12.4. The standard InChI is InChI=1S/C27H41N7O2/c1-3-5-6-7-13-28-25-29-26(32-14-11-22(12-15-32)36-4-2)31-27(30-25)33-17-20-16-21(19-33)23-9-8-10-24(35)34(23)18-20/h8-10,20-22H,3-7,11-19H2,1-2H3,(H,28,29,30,31). The lowest BCUT2D eigenvalue weighted by Gasteiger charge is -2.43. The number of piperidine rings is 2. The van der Waals surface area contributed by atoms with Crippen molar-refractivity contribution in [1.29, 1.82) is 0 Å². The Hall–Kier alpha value is -2.68. The first-order valence-corrected chi connectivity index (χ1v) is 14.0. The summed E-state index contributed by atoms with van der Waals surface area (Å²) in [5, 5.41) is 3.48. The van der Waals surface area contributed by atoms with E-state index >= 15 is 0 Å². The highest BCUT2D eigenvalue weighted by atomic mass is 16.5. The van der Waals surface area contributed by atoms with Crippen molar-refractivity contribution >= 4 is 17.8 Å². The number of rotatable bonds is 10. The summed E-state index contributed by atoms with van der Waals surface area (Å²) in [5.41, 5.74) is 1.26. The Labute approximate surface area is 214 Å². The van der Waals surface area contributed by atoms with Crippen LogP contribution in [0.15, 0.2) is 23.0 Å². The molecule has 2 saturated heterocycles. The Morgan fingerprint density at radius 1 is 0.972 bits per heavy atom. The van der Waals surface area contributed by atoms with E-state index < -0.39 is 0 Å². The summed E-state index contributed by atoms with van der Waals surface area (Å²) in [4.78, 5) is 31.8. The van der Waals surface area contributed by atoms with Crippen LogP contribution < -0.4 is 20.7 Å². The van der Waals surface area contributed by atoms with E-state index in [1.165, 1.54) is 19.3 Å². The monoisotopic (exact) mass is 495 g/mol. The third-order valence-corrected chi connectivity index (χ3v) is 7.82. The summed E-state index contributed by atoms with van der Waals surface area (Å²) in [5.74, 6) is 2.93. The molecule has 2 bridgehead atoms. The molecular weight excluding hydrogens is 454 g/mol. The molecule has 196 valence electrons. The fourth-order valence-corrected chi connectivity index (χ4v) is 5.99. The highest BCUT2D eigenvalue weighted by Crippen LogP contribution is 2.36. The molecule has 2 atom stereocenters. The third kappa shape index (κ3) is 5.66. The number of unbranched alkanes of at least 4 members (excludes halogenated alkanes) is 3. The molecule has 5 heterocycles. The third-order valence-electron chi connectivity index (χ3n) is 7.82. The Bertz CT molecular complexity index is 1070. The predicted octanol–water partition coefficient (Wildman–Crippen LogP) is 3.65. The summed E-state index contributed by atoms with van der Waals surface area (Å²) in [6.45, 7) is 10.2. The Balaban J connectivity index is 1.36. The zero-order valence-electron chi connectivity index (χ0n) is 21.9. The molecule has 5 rings (SSSR count). The minimum Gasteiger partial charge on any atom is -0.378 e. The van der Waals surface area contributed by atoms with Gasteiger partial charge in [0.2, 0.25) is 17.8 Å². The summed E-state index contributed by atoms with van der Waals surface area (Å²) in [6, 6.07) is 5.67. The van der Waals surface area contributed by atoms with Gasteiger partial charge in [0.1, 0.15) is 0 Å². The van der Waals surface area contributed by atoms with Gasteiger partial charge in [0.25, 0.3) is 5.56 Å². The van der Waals surface area contributed by atoms with Gasteiger partial charge >= 0.3 is 0 Å². The molecule has 0 spiro atoms. The van der Waals surface area contributed by atoms with Crippen LogP contribution in [0.4, 0.5) is 17.8 Å². The second kappa shape index (κ2) is 11.6. The Morgan fingerprint density at radius 2 is 1.78 bits per heavy atom. The average molecular weight is 496 g/mol. The van der Waals surface area contributed by atoms with Crippen molar-refractivity contribution in [1.82, 2.24) is 19.5 Å². The molecule has 2 aromatic heterocycles. The molecule has 9 heteroatoms. The Morgan fingerprint density at radius 3 is 2.56 bits per heavy atom. The largest absolute Gasteiger partial charge is 0.378 e. The second-order valence-electron chi connectivity index (χ2n) is 10.5. The van der Waals surface area contributed by atoms with E-state index in [1.54, 1.807) is 6.07 Å². The molecule has 1 N–H and O–H groups in total. The van der Waals surface area contributed by atoms with Gasteiger partial charge in [-0.15, -0.1) is 0 Å². The van der Waals surface area contributed by atoms with Crippen LogP contribution >= 0.6 is 0 Å². The summed E-state index contributed by atoms with van der Waals surface area (Å²) in [7, 11) is 0. The van der Waals surface area contributed by atoms with Crippen LogP contribution in [-0.4, -0.2) is 65.0 Å². The van der Waals surface area contributed by atoms with E-state index in [0.29, 0.717) is 23.9 Å². The number of hydrogen-bond acceptors (Lipinski definition) is 8. The fourth-order valence-electron chi connectivity index (χ4n) is 5.99. The molecule has 2 aromatic rings. The lowest BCUT2D eigenvalue weighted by Crippen LogP contribution is -2.48. The smallest absolute Gasteiger partial charge is 0.250 e. The molecule has 3 aliphatic rings. The number of aromatic nitrogens is 4. The zero-order valence-corrected chi connectivity index (χ0v) is 21.9. The first kappa shape index (κ1) is 25.0. The maximum Gasteiger partial charge on any atom is 0.250 e. The number of anilines is 3. The topological polar surface area (TPSA) is 88.4 Å². The van der Waals surface area contributed by atoms with Crippen molar-refractivity contribution in [3.8, 4) is 0 Å². The lowest BCUT2D eigenvalue weighted by molar-refractivity contribution is 0.0457. The minimum atomic E-state index is 0.114. The van der Waals surface area contributed by atoms with Crippen molar-refractivity contribution in [2.75, 3.05) is 54.4 Å². The van der Waals surface area contributed by atoms with E-state index in [9.17, 15) is 4.79 Å². The van der Waals surface area contributed by atoms with Crippen molar-refractivity contribution in [2.45, 2.75) is 77.4 Å². The van der Waals surface area contributed by atoms with E-state index in [4.69, 9.17) is 19.7 Å². The zero-order chi connectivity index (χ0) is 24.9. The van der Waals surface area contributed by atoms with E-state index in [0.717, 1.165) is 89.1 Å². The van der Waals surface area contributed by atoms with Crippen LogP contribution in [0.3, 0.4) is 0 Å².